The average molecular weight is 227 g/mol. The van der Waals surface area contributed by atoms with E-state index < -0.39 is 0 Å². The highest BCUT2D eigenvalue weighted by atomic mass is 16.2. The van der Waals surface area contributed by atoms with Crippen molar-refractivity contribution < 1.29 is 4.79 Å². The molecule has 0 spiro atoms. The molecule has 1 atom stereocenters. The Hall–Kier alpha value is -0.610. The molecular formula is C12H25N3O. The van der Waals surface area contributed by atoms with Crippen molar-refractivity contribution in [3.8, 4) is 0 Å². The molecule has 4 heteroatoms. The van der Waals surface area contributed by atoms with Crippen LogP contribution in [0.3, 0.4) is 0 Å². The number of carbonyl (C=O) groups excluding carboxylic acids is 1. The van der Waals surface area contributed by atoms with Crippen molar-refractivity contribution in [3.63, 3.8) is 0 Å². The summed E-state index contributed by atoms with van der Waals surface area (Å²) in [5, 5.41) is 0. The van der Waals surface area contributed by atoms with E-state index in [-0.39, 0.29) is 0 Å². The predicted octanol–water partition coefficient (Wildman–Crippen LogP) is 0.526. The largest absolute Gasteiger partial charge is 0.340 e. The van der Waals surface area contributed by atoms with Crippen LogP contribution in [0.15, 0.2) is 0 Å². The van der Waals surface area contributed by atoms with Crippen molar-refractivity contribution in [2.24, 2.45) is 11.7 Å². The van der Waals surface area contributed by atoms with Gasteiger partial charge in [0.1, 0.15) is 0 Å². The van der Waals surface area contributed by atoms with Gasteiger partial charge >= 0.3 is 0 Å². The van der Waals surface area contributed by atoms with Gasteiger partial charge in [0.25, 0.3) is 0 Å². The molecule has 0 radical (unpaired) electrons. The van der Waals surface area contributed by atoms with Crippen LogP contribution in [0.4, 0.5) is 0 Å². The summed E-state index contributed by atoms with van der Waals surface area (Å²) >= 11 is 0. The molecule has 0 saturated carbocycles. The van der Waals surface area contributed by atoms with E-state index in [4.69, 9.17) is 5.73 Å². The number of carbonyl (C=O) groups is 1. The zero-order chi connectivity index (χ0) is 12.0. The van der Waals surface area contributed by atoms with E-state index in [1.807, 2.05) is 4.90 Å². The summed E-state index contributed by atoms with van der Waals surface area (Å²) < 4.78 is 0. The first-order valence-electron chi connectivity index (χ1n) is 6.30. The molecule has 1 heterocycles. The average Bonchev–Trinajstić information content (AvgIpc) is 2.27. The number of rotatable bonds is 5. The van der Waals surface area contributed by atoms with Gasteiger partial charge in [0.2, 0.25) is 5.91 Å². The van der Waals surface area contributed by atoms with Gasteiger partial charge in [-0.15, -0.1) is 0 Å². The first kappa shape index (κ1) is 13.5. The van der Waals surface area contributed by atoms with Crippen LogP contribution in [0.1, 0.15) is 26.2 Å². The van der Waals surface area contributed by atoms with Gasteiger partial charge in [-0.3, -0.25) is 4.79 Å². The summed E-state index contributed by atoms with van der Waals surface area (Å²) in [5.74, 6) is 0.887. The number of nitrogens with two attached hydrogens (primary N) is 1. The van der Waals surface area contributed by atoms with Gasteiger partial charge in [-0.25, -0.2) is 0 Å². The van der Waals surface area contributed by atoms with E-state index in [2.05, 4.69) is 18.9 Å². The monoisotopic (exact) mass is 227 g/mol. The van der Waals surface area contributed by atoms with Gasteiger partial charge < -0.3 is 15.5 Å². The lowest BCUT2D eigenvalue weighted by Gasteiger charge is -2.32. The molecular weight excluding hydrogens is 202 g/mol. The highest BCUT2D eigenvalue weighted by molar-refractivity contribution is 5.76. The highest BCUT2D eigenvalue weighted by Crippen LogP contribution is 2.11. The van der Waals surface area contributed by atoms with Crippen LogP contribution in [0, 0.1) is 5.92 Å². The van der Waals surface area contributed by atoms with Crippen molar-refractivity contribution in [2.75, 3.05) is 39.8 Å². The van der Waals surface area contributed by atoms with Crippen molar-refractivity contribution in [1.82, 2.24) is 9.80 Å². The first-order valence-corrected chi connectivity index (χ1v) is 6.30. The lowest BCUT2D eigenvalue weighted by Crippen LogP contribution is -2.47. The molecule has 0 aromatic carbocycles. The molecule has 0 bridgehead atoms. The van der Waals surface area contributed by atoms with Crippen molar-refractivity contribution >= 4 is 5.91 Å². The minimum atomic E-state index is 0.317. The second kappa shape index (κ2) is 6.86. The molecule has 0 aliphatic carbocycles. The van der Waals surface area contributed by atoms with Gasteiger partial charge in [0.05, 0.1) is 0 Å². The van der Waals surface area contributed by atoms with E-state index in [0.717, 1.165) is 45.6 Å². The Bertz CT molecular complexity index is 212. The van der Waals surface area contributed by atoms with Crippen LogP contribution in [-0.4, -0.2) is 55.5 Å². The molecule has 4 nitrogen and oxygen atoms in total. The van der Waals surface area contributed by atoms with Crippen molar-refractivity contribution in [2.45, 2.75) is 26.2 Å². The molecule has 1 fully saturated rings. The molecule has 2 N–H and O–H groups in total. The van der Waals surface area contributed by atoms with E-state index in [1.54, 1.807) is 0 Å². The van der Waals surface area contributed by atoms with E-state index in [0.29, 0.717) is 18.2 Å². The van der Waals surface area contributed by atoms with Crippen LogP contribution in [0.2, 0.25) is 0 Å². The fraction of sp³-hybridized carbons (Fsp3) is 0.917. The lowest BCUT2D eigenvalue weighted by atomic mass is 10.0. The predicted molar refractivity (Wildman–Crippen MR) is 66.1 cm³/mol. The number of amides is 1. The molecule has 1 amide bonds. The SMILES string of the molecule is CC(CCN)CCC(=O)N1CCN(C)CC1. The Morgan fingerprint density at radius 3 is 2.44 bits per heavy atom. The maximum absolute atomic E-state index is 11.9. The van der Waals surface area contributed by atoms with E-state index >= 15 is 0 Å². The van der Waals surface area contributed by atoms with Crippen molar-refractivity contribution in [1.29, 1.82) is 0 Å². The van der Waals surface area contributed by atoms with Crippen LogP contribution in [0.25, 0.3) is 0 Å². The summed E-state index contributed by atoms with van der Waals surface area (Å²) in [6, 6.07) is 0. The Labute approximate surface area is 98.8 Å². The van der Waals surface area contributed by atoms with Crippen LogP contribution >= 0.6 is 0 Å². The minimum absolute atomic E-state index is 0.317. The Morgan fingerprint density at radius 2 is 1.88 bits per heavy atom. The maximum Gasteiger partial charge on any atom is 0.222 e. The molecule has 1 aliphatic rings. The number of hydrogen-bond acceptors (Lipinski definition) is 3. The summed E-state index contributed by atoms with van der Waals surface area (Å²) in [6.45, 7) is 6.68. The second-order valence-electron chi connectivity index (χ2n) is 4.91. The third kappa shape index (κ3) is 4.49. The van der Waals surface area contributed by atoms with Gasteiger partial charge in [0, 0.05) is 32.6 Å². The fourth-order valence-electron chi connectivity index (χ4n) is 2.01. The molecule has 1 rings (SSSR count). The third-order valence-electron chi connectivity index (χ3n) is 3.37. The molecule has 16 heavy (non-hydrogen) atoms. The number of piperazine rings is 1. The summed E-state index contributed by atoms with van der Waals surface area (Å²) in [7, 11) is 2.10. The maximum atomic E-state index is 11.9. The van der Waals surface area contributed by atoms with E-state index in [1.165, 1.54) is 0 Å². The van der Waals surface area contributed by atoms with Gasteiger partial charge in [0.15, 0.2) is 0 Å². The molecule has 0 aromatic heterocycles. The quantitative estimate of drug-likeness (QED) is 0.745. The molecule has 1 unspecified atom stereocenters. The topological polar surface area (TPSA) is 49.6 Å². The normalized spacial score (nSPS) is 19.8. The second-order valence-corrected chi connectivity index (χ2v) is 4.91. The zero-order valence-electron chi connectivity index (χ0n) is 10.6. The fourth-order valence-corrected chi connectivity index (χ4v) is 2.01. The summed E-state index contributed by atoms with van der Waals surface area (Å²) in [5.41, 5.74) is 5.49. The lowest BCUT2D eigenvalue weighted by molar-refractivity contribution is -0.133. The molecule has 0 aromatic rings. The Balaban J connectivity index is 2.19. The van der Waals surface area contributed by atoms with Crippen LogP contribution in [0.5, 0.6) is 0 Å². The van der Waals surface area contributed by atoms with Crippen LogP contribution in [-0.2, 0) is 4.79 Å². The minimum Gasteiger partial charge on any atom is -0.340 e. The summed E-state index contributed by atoms with van der Waals surface area (Å²) in [6.07, 6.45) is 2.68. The first-order chi connectivity index (χ1) is 7.63. The highest BCUT2D eigenvalue weighted by Gasteiger charge is 2.18. The van der Waals surface area contributed by atoms with Gasteiger partial charge in [-0.1, -0.05) is 6.92 Å². The number of hydrogen-bond donors (Lipinski definition) is 1. The van der Waals surface area contributed by atoms with Crippen LogP contribution < -0.4 is 5.73 Å². The Kier molecular flexibility index (Phi) is 5.77. The molecule has 94 valence electrons. The van der Waals surface area contributed by atoms with E-state index in [9.17, 15) is 4.79 Å². The Morgan fingerprint density at radius 1 is 1.25 bits per heavy atom. The standard InChI is InChI=1S/C12H25N3O/c1-11(5-6-13)3-4-12(16)15-9-7-14(2)8-10-15/h11H,3-10,13H2,1-2H3. The summed E-state index contributed by atoms with van der Waals surface area (Å²) in [4.78, 5) is 16.1. The van der Waals surface area contributed by atoms with Gasteiger partial charge in [-0.2, -0.15) is 0 Å². The zero-order valence-corrected chi connectivity index (χ0v) is 10.6. The van der Waals surface area contributed by atoms with Crippen molar-refractivity contribution in [3.05, 3.63) is 0 Å². The smallest absolute Gasteiger partial charge is 0.222 e. The van der Waals surface area contributed by atoms with Gasteiger partial charge in [-0.05, 0) is 32.4 Å². The number of nitrogens with zero attached hydrogens (tertiary/aromatic N) is 2. The molecule has 1 aliphatic heterocycles. The number of likely N-dealkylation sites (N-methyl/N-ethyl adjacent to an activating group) is 1. The third-order valence-corrected chi connectivity index (χ3v) is 3.37. The molecule has 1 saturated heterocycles.